The molecule has 0 amide bonds. The second kappa shape index (κ2) is 13.3. The van der Waals surface area contributed by atoms with Gasteiger partial charge < -0.3 is 23.8 Å². The van der Waals surface area contributed by atoms with Crippen LogP contribution >= 0.6 is 0 Å². The SMILES string of the molecule is COC(OC)C1CCN(c2c(F)cc(C3=C(c4c(F)cccc4F)COc4cc(OCc5ccccc5)ccc43)cc2F)CC1. The minimum absolute atomic E-state index is 0.102. The Hall–Kier alpha value is -4.34. The molecular weight excluding hydrogens is 586 g/mol. The summed E-state index contributed by atoms with van der Waals surface area (Å²) in [7, 11) is 3.14. The van der Waals surface area contributed by atoms with Gasteiger partial charge in [-0.25, -0.2) is 17.6 Å². The van der Waals surface area contributed by atoms with E-state index in [0.717, 1.165) is 17.7 Å². The third-order valence-corrected chi connectivity index (χ3v) is 8.42. The number of fused-ring (bicyclic) bond motifs is 1. The Labute approximate surface area is 259 Å². The molecule has 0 unspecified atom stereocenters. The molecule has 2 aliphatic heterocycles. The summed E-state index contributed by atoms with van der Waals surface area (Å²) >= 11 is 0. The van der Waals surface area contributed by atoms with Gasteiger partial charge in [0.15, 0.2) is 6.29 Å². The van der Waals surface area contributed by atoms with Crippen molar-refractivity contribution >= 4 is 16.8 Å². The van der Waals surface area contributed by atoms with Crippen LogP contribution in [0.2, 0.25) is 0 Å². The van der Waals surface area contributed by atoms with Gasteiger partial charge in [0.1, 0.15) is 53.7 Å². The van der Waals surface area contributed by atoms with Gasteiger partial charge in [0.2, 0.25) is 0 Å². The van der Waals surface area contributed by atoms with Crippen LogP contribution in [-0.2, 0) is 16.1 Å². The van der Waals surface area contributed by atoms with Crippen molar-refractivity contribution in [2.45, 2.75) is 25.7 Å². The first kappa shape index (κ1) is 30.7. The highest BCUT2D eigenvalue weighted by Gasteiger charge is 2.31. The first-order valence-corrected chi connectivity index (χ1v) is 14.8. The van der Waals surface area contributed by atoms with Gasteiger partial charge in [-0.3, -0.25) is 0 Å². The van der Waals surface area contributed by atoms with E-state index in [4.69, 9.17) is 18.9 Å². The van der Waals surface area contributed by atoms with Crippen molar-refractivity contribution in [2.75, 3.05) is 38.8 Å². The Balaban J connectivity index is 1.38. The van der Waals surface area contributed by atoms with Crippen LogP contribution in [-0.4, -0.2) is 40.2 Å². The standard InChI is InChI=1S/C36H33F4NO4/c1-42-36(43-2)23-13-15-41(16-14-23)35-30(39)17-24(18-31(35)40)33-26-12-11-25(44-20-22-7-4-3-5-8-22)19-32(26)45-21-27(33)34-28(37)9-6-10-29(34)38/h3-12,17-19,23,36H,13-16,20-21H2,1-2H3. The largest absolute Gasteiger partial charge is 0.489 e. The molecule has 2 heterocycles. The molecule has 0 saturated carbocycles. The second-order valence-corrected chi connectivity index (χ2v) is 11.1. The molecule has 6 rings (SSSR count). The number of ether oxygens (including phenoxy) is 4. The van der Waals surface area contributed by atoms with E-state index in [2.05, 4.69) is 0 Å². The average molecular weight is 620 g/mol. The van der Waals surface area contributed by atoms with Gasteiger partial charge in [-0.2, -0.15) is 0 Å². The van der Waals surface area contributed by atoms with Gasteiger partial charge in [-0.15, -0.1) is 0 Å². The van der Waals surface area contributed by atoms with E-state index in [0.29, 0.717) is 49.6 Å². The Morgan fingerprint density at radius 1 is 0.800 bits per heavy atom. The highest BCUT2D eigenvalue weighted by atomic mass is 19.1. The Bertz CT molecular complexity index is 1660. The molecule has 0 N–H and O–H groups in total. The van der Waals surface area contributed by atoms with Crippen molar-refractivity contribution < 1.29 is 36.5 Å². The summed E-state index contributed by atoms with van der Waals surface area (Å²) < 4.78 is 84.7. The zero-order valence-corrected chi connectivity index (χ0v) is 25.0. The Morgan fingerprint density at radius 3 is 2.11 bits per heavy atom. The number of benzene rings is 4. The minimum Gasteiger partial charge on any atom is -0.489 e. The summed E-state index contributed by atoms with van der Waals surface area (Å²) in [5.74, 6) is -2.16. The zero-order valence-electron chi connectivity index (χ0n) is 25.0. The quantitative estimate of drug-likeness (QED) is 0.140. The molecule has 0 spiro atoms. The lowest BCUT2D eigenvalue weighted by atomic mass is 9.87. The smallest absolute Gasteiger partial charge is 0.159 e. The number of methoxy groups -OCH3 is 2. The third kappa shape index (κ3) is 6.28. The molecule has 4 aromatic carbocycles. The van der Waals surface area contributed by atoms with Crippen molar-refractivity contribution in [2.24, 2.45) is 5.92 Å². The number of anilines is 1. The van der Waals surface area contributed by atoms with Crippen molar-refractivity contribution in [1.29, 1.82) is 0 Å². The van der Waals surface area contributed by atoms with Gasteiger partial charge in [-0.1, -0.05) is 36.4 Å². The lowest BCUT2D eigenvalue weighted by Crippen LogP contribution is -2.39. The van der Waals surface area contributed by atoms with Crippen LogP contribution in [0, 0.1) is 29.2 Å². The molecule has 1 fully saturated rings. The summed E-state index contributed by atoms with van der Waals surface area (Å²) in [5.41, 5.74) is 1.53. The van der Waals surface area contributed by atoms with Gasteiger partial charge in [-0.05, 0) is 60.4 Å². The predicted molar refractivity (Wildman–Crippen MR) is 164 cm³/mol. The minimum atomic E-state index is -0.803. The van der Waals surface area contributed by atoms with Crippen molar-refractivity contribution in [3.8, 4) is 11.5 Å². The highest BCUT2D eigenvalue weighted by molar-refractivity contribution is 6.02. The fourth-order valence-electron chi connectivity index (χ4n) is 6.25. The summed E-state index contributed by atoms with van der Waals surface area (Å²) in [6, 6.07) is 20.7. The van der Waals surface area contributed by atoms with Crippen LogP contribution < -0.4 is 14.4 Å². The normalized spacial score (nSPS) is 15.3. The van der Waals surface area contributed by atoms with Gasteiger partial charge >= 0.3 is 0 Å². The van der Waals surface area contributed by atoms with Crippen LogP contribution in [0.25, 0.3) is 11.1 Å². The summed E-state index contributed by atoms with van der Waals surface area (Å²) in [6.45, 7) is 0.928. The summed E-state index contributed by atoms with van der Waals surface area (Å²) in [5, 5.41) is 0. The molecule has 2 aliphatic rings. The number of nitrogens with zero attached hydrogens (tertiary/aromatic N) is 1. The number of piperidine rings is 1. The van der Waals surface area contributed by atoms with E-state index in [-0.39, 0.29) is 46.8 Å². The molecule has 0 radical (unpaired) electrons. The van der Waals surface area contributed by atoms with E-state index >= 15 is 17.6 Å². The first-order valence-electron chi connectivity index (χ1n) is 14.8. The maximum atomic E-state index is 15.9. The molecular formula is C36H33F4NO4. The van der Waals surface area contributed by atoms with Gasteiger partial charge in [0.05, 0.1) is 5.56 Å². The summed E-state index contributed by atoms with van der Waals surface area (Å²) in [4.78, 5) is 1.67. The second-order valence-electron chi connectivity index (χ2n) is 11.1. The van der Waals surface area contributed by atoms with E-state index in [1.807, 2.05) is 30.3 Å². The van der Waals surface area contributed by atoms with Crippen LogP contribution in [0.5, 0.6) is 11.5 Å². The van der Waals surface area contributed by atoms with Crippen molar-refractivity contribution in [1.82, 2.24) is 0 Å². The number of halogens is 4. The molecule has 45 heavy (non-hydrogen) atoms. The fourth-order valence-corrected chi connectivity index (χ4v) is 6.25. The molecule has 0 bridgehead atoms. The molecule has 5 nitrogen and oxygen atoms in total. The van der Waals surface area contributed by atoms with E-state index in [1.165, 1.54) is 18.2 Å². The van der Waals surface area contributed by atoms with E-state index in [9.17, 15) is 0 Å². The lowest BCUT2D eigenvalue weighted by molar-refractivity contribution is -0.141. The van der Waals surface area contributed by atoms with Crippen LogP contribution in [0.1, 0.15) is 35.1 Å². The molecule has 1 saturated heterocycles. The van der Waals surface area contributed by atoms with Crippen LogP contribution in [0.3, 0.4) is 0 Å². The average Bonchev–Trinajstić information content (AvgIpc) is 3.05. The lowest BCUT2D eigenvalue weighted by Gasteiger charge is -2.36. The monoisotopic (exact) mass is 619 g/mol. The topological polar surface area (TPSA) is 40.2 Å². The first-order chi connectivity index (χ1) is 21.9. The maximum Gasteiger partial charge on any atom is 0.159 e. The predicted octanol–water partition coefficient (Wildman–Crippen LogP) is 8.01. The zero-order chi connectivity index (χ0) is 31.5. The fraction of sp³-hybridized carbons (Fsp3) is 0.278. The molecule has 234 valence electrons. The number of rotatable bonds is 9. The molecule has 0 aliphatic carbocycles. The number of hydrogen-bond acceptors (Lipinski definition) is 5. The van der Waals surface area contributed by atoms with Crippen LogP contribution in [0.15, 0.2) is 78.9 Å². The Morgan fingerprint density at radius 2 is 1.47 bits per heavy atom. The molecule has 4 aromatic rings. The highest BCUT2D eigenvalue weighted by Crippen LogP contribution is 2.45. The van der Waals surface area contributed by atoms with Crippen molar-refractivity contribution in [3.05, 3.63) is 124 Å². The van der Waals surface area contributed by atoms with Gasteiger partial charge in [0, 0.05) is 56.0 Å². The van der Waals surface area contributed by atoms with E-state index < -0.39 is 23.3 Å². The molecule has 0 atom stereocenters. The van der Waals surface area contributed by atoms with Crippen LogP contribution in [0.4, 0.5) is 23.2 Å². The molecule has 9 heteroatoms. The molecule has 0 aromatic heterocycles. The van der Waals surface area contributed by atoms with Crippen molar-refractivity contribution in [3.63, 3.8) is 0 Å². The Kier molecular flexibility index (Phi) is 9.09. The van der Waals surface area contributed by atoms with E-state index in [1.54, 1.807) is 37.3 Å². The summed E-state index contributed by atoms with van der Waals surface area (Å²) in [6.07, 6.45) is 0.883. The van der Waals surface area contributed by atoms with Gasteiger partial charge in [0.25, 0.3) is 0 Å². The maximum absolute atomic E-state index is 15.9. The number of hydrogen-bond donors (Lipinski definition) is 0. The third-order valence-electron chi connectivity index (χ3n) is 8.42.